The molecule has 98 valence electrons. The molecule has 4 heteroatoms. The van der Waals surface area contributed by atoms with Crippen LogP contribution in [-0.2, 0) is 11.2 Å². The van der Waals surface area contributed by atoms with Crippen LogP contribution in [0.15, 0.2) is 18.3 Å². The second kappa shape index (κ2) is 5.06. The Morgan fingerprint density at radius 2 is 2.22 bits per heavy atom. The van der Waals surface area contributed by atoms with Gasteiger partial charge in [0.15, 0.2) is 5.69 Å². The third-order valence-electron chi connectivity index (χ3n) is 3.41. The van der Waals surface area contributed by atoms with Crippen molar-refractivity contribution in [1.29, 1.82) is 0 Å². The number of pyridine rings is 1. The monoisotopic (exact) mass is 249 g/mol. The molecule has 1 unspecified atom stereocenters. The topological polar surface area (TPSA) is 39.2 Å². The van der Waals surface area contributed by atoms with Crippen molar-refractivity contribution in [3.63, 3.8) is 0 Å². The van der Waals surface area contributed by atoms with Crippen LogP contribution in [0.2, 0.25) is 0 Å². The molecule has 0 radical (unpaired) electrons. The summed E-state index contributed by atoms with van der Waals surface area (Å²) in [6.07, 6.45) is 4.56. The average Bonchev–Trinajstić information content (AvgIpc) is 2.50. The number of fused-ring (bicyclic) bond motifs is 1. The van der Waals surface area contributed by atoms with Crippen molar-refractivity contribution in [3.05, 3.63) is 24.0 Å². The van der Waals surface area contributed by atoms with E-state index < -0.39 is 0 Å². The highest BCUT2D eigenvalue weighted by Crippen LogP contribution is 2.30. The van der Waals surface area contributed by atoms with Crippen molar-refractivity contribution in [3.8, 4) is 0 Å². The predicted octanol–water partition coefficient (Wildman–Crippen LogP) is 2.90. The molecule has 2 rings (SSSR count). The molecule has 0 aliphatic carbocycles. The van der Waals surface area contributed by atoms with Gasteiger partial charge in [-0.25, -0.2) is 0 Å². The zero-order valence-electron chi connectivity index (χ0n) is 11.3. The van der Waals surface area contributed by atoms with Gasteiger partial charge in [-0.3, -0.25) is 4.98 Å². The third-order valence-corrected chi connectivity index (χ3v) is 3.41. The fourth-order valence-corrected chi connectivity index (χ4v) is 2.42. The van der Waals surface area contributed by atoms with Gasteiger partial charge in [0.2, 0.25) is 0 Å². The van der Waals surface area contributed by atoms with Crippen molar-refractivity contribution in [2.24, 2.45) is 0 Å². The number of nitrogens with zero attached hydrogens (tertiary/aromatic N) is 2. The minimum Gasteiger partial charge on any atom is -0.417 e. The van der Waals surface area contributed by atoms with Crippen molar-refractivity contribution < 1.29 is 9.53 Å². The zero-order valence-corrected chi connectivity index (χ0v) is 11.3. The molecule has 18 heavy (non-hydrogen) atoms. The van der Waals surface area contributed by atoms with Crippen LogP contribution in [0.1, 0.15) is 32.4 Å². The molecular formula is C14H21N2O2+. The molecule has 1 aliphatic rings. The molecule has 0 N–H and O–H groups in total. The first-order valence-electron chi connectivity index (χ1n) is 6.55. The highest BCUT2D eigenvalue weighted by molar-refractivity contribution is 5.82. The second-order valence-corrected chi connectivity index (χ2v) is 5.27. The van der Waals surface area contributed by atoms with Gasteiger partial charge in [0.05, 0.1) is 13.6 Å². The summed E-state index contributed by atoms with van der Waals surface area (Å²) in [6, 6.07) is 3.89. The zero-order chi connectivity index (χ0) is 13.2. The number of amides is 1. The first kappa shape index (κ1) is 13.0. The lowest BCUT2D eigenvalue weighted by Crippen LogP contribution is -2.52. The van der Waals surface area contributed by atoms with Gasteiger partial charge in [0.25, 0.3) is 0 Å². The molecule has 0 spiro atoms. The minimum absolute atomic E-state index is 0.0872. The largest absolute Gasteiger partial charge is 0.521 e. The van der Waals surface area contributed by atoms with Gasteiger partial charge in [0.1, 0.15) is 11.8 Å². The summed E-state index contributed by atoms with van der Waals surface area (Å²) in [5, 5.41) is 0. The van der Waals surface area contributed by atoms with Crippen LogP contribution in [0.25, 0.3) is 0 Å². The van der Waals surface area contributed by atoms with Crippen LogP contribution >= 0.6 is 0 Å². The number of rotatable bonds is 1. The van der Waals surface area contributed by atoms with E-state index in [4.69, 9.17) is 4.74 Å². The number of hydrogen-bond acceptors (Lipinski definition) is 3. The van der Waals surface area contributed by atoms with E-state index in [1.54, 1.807) is 6.20 Å². The first-order valence-corrected chi connectivity index (χ1v) is 6.55. The number of aromatic nitrogens is 1. The van der Waals surface area contributed by atoms with Crippen LogP contribution < -0.4 is 4.48 Å². The smallest absolute Gasteiger partial charge is 0.417 e. The molecule has 1 aliphatic heterocycles. The van der Waals surface area contributed by atoms with Gasteiger partial charge in [-0.2, -0.15) is 9.28 Å². The molecule has 4 nitrogen and oxygen atoms in total. The van der Waals surface area contributed by atoms with E-state index in [2.05, 4.69) is 4.98 Å². The average molecular weight is 249 g/mol. The highest BCUT2D eigenvalue weighted by atomic mass is 16.6. The summed E-state index contributed by atoms with van der Waals surface area (Å²) in [5.41, 5.74) is 2.01. The van der Waals surface area contributed by atoms with Gasteiger partial charge in [0, 0.05) is 12.3 Å². The summed E-state index contributed by atoms with van der Waals surface area (Å²) >= 11 is 0. The molecule has 1 aromatic rings. The maximum atomic E-state index is 12.4. The molecular weight excluding hydrogens is 228 g/mol. The lowest BCUT2D eigenvalue weighted by molar-refractivity contribution is 0.0850. The summed E-state index contributed by atoms with van der Waals surface area (Å²) in [6.45, 7) is 4.54. The van der Waals surface area contributed by atoms with Crippen LogP contribution in [-0.4, -0.2) is 30.8 Å². The predicted molar refractivity (Wildman–Crippen MR) is 71.4 cm³/mol. The van der Waals surface area contributed by atoms with E-state index in [0.717, 1.165) is 37.2 Å². The van der Waals surface area contributed by atoms with Crippen LogP contribution in [0.4, 0.5) is 10.5 Å². The molecule has 2 heterocycles. The van der Waals surface area contributed by atoms with E-state index in [1.807, 2.05) is 33.0 Å². The quantitative estimate of drug-likeness (QED) is 0.718. The molecule has 1 atom stereocenters. The molecule has 0 saturated carbocycles. The Kier molecular flexibility index (Phi) is 3.66. The van der Waals surface area contributed by atoms with E-state index >= 15 is 0 Å². The fraction of sp³-hybridized carbons (Fsp3) is 0.571. The van der Waals surface area contributed by atoms with E-state index in [-0.39, 0.29) is 16.7 Å². The number of carbonyl (C=O) groups is 1. The normalized spacial score (nSPS) is 23.3. The number of aryl methyl sites for hydroxylation is 1. The molecule has 0 fully saturated rings. The summed E-state index contributed by atoms with van der Waals surface area (Å²) in [4.78, 5) is 16.8. The molecule has 0 bridgehead atoms. The molecule has 1 aromatic heterocycles. The fourth-order valence-electron chi connectivity index (χ4n) is 2.42. The lowest BCUT2D eigenvalue weighted by atomic mass is 10.2. The summed E-state index contributed by atoms with van der Waals surface area (Å²) in [7, 11) is 1.93. The Morgan fingerprint density at radius 1 is 1.44 bits per heavy atom. The lowest BCUT2D eigenvalue weighted by Gasteiger charge is -2.29. The molecule has 0 saturated heterocycles. The van der Waals surface area contributed by atoms with Crippen LogP contribution in [0, 0.1) is 0 Å². The van der Waals surface area contributed by atoms with Crippen molar-refractivity contribution in [2.75, 3.05) is 13.6 Å². The summed E-state index contributed by atoms with van der Waals surface area (Å²) in [5.74, 6) is 0. The first-order chi connectivity index (χ1) is 8.54. The van der Waals surface area contributed by atoms with Gasteiger partial charge in [-0.05, 0) is 39.2 Å². The van der Waals surface area contributed by atoms with E-state index in [1.165, 1.54) is 0 Å². The molecule has 0 aromatic carbocycles. The summed E-state index contributed by atoms with van der Waals surface area (Å²) < 4.78 is 5.62. The Hall–Kier alpha value is -1.42. The number of ether oxygens (including phenoxy) is 1. The highest BCUT2D eigenvalue weighted by Gasteiger charge is 2.40. The molecule has 1 amide bonds. The number of carbonyl (C=O) groups excluding carboxylic acids is 1. The number of quaternary nitrogens is 1. The van der Waals surface area contributed by atoms with Gasteiger partial charge < -0.3 is 4.74 Å². The van der Waals surface area contributed by atoms with Gasteiger partial charge in [-0.15, -0.1) is 0 Å². The van der Waals surface area contributed by atoms with Crippen molar-refractivity contribution in [2.45, 2.75) is 39.2 Å². The Labute approximate surface area is 108 Å². The number of hydrogen-bond donors (Lipinski definition) is 0. The third kappa shape index (κ3) is 2.38. The van der Waals surface area contributed by atoms with Crippen LogP contribution in [0.3, 0.4) is 0 Å². The van der Waals surface area contributed by atoms with E-state index in [9.17, 15) is 4.79 Å². The Morgan fingerprint density at radius 3 is 2.94 bits per heavy atom. The standard InChI is InChI=1S/C14H21N2O2/c1-11(2)18-14(17)16(3)10-5-4-7-12-13(16)8-6-9-15-12/h6,8-9,11H,4-5,7,10H2,1-3H3/q+1. The second-order valence-electron chi connectivity index (χ2n) is 5.27. The maximum Gasteiger partial charge on any atom is 0.521 e. The van der Waals surface area contributed by atoms with Gasteiger partial charge in [-0.1, -0.05) is 0 Å². The SMILES string of the molecule is CC(C)OC(=O)[N+]1(C)CCCCc2ncccc21. The van der Waals surface area contributed by atoms with Crippen LogP contribution in [0.5, 0.6) is 0 Å². The van der Waals surface area contributed by atoms with Crippen molar-refractivity contribution in [1.82, 2.24) is 9.47 Å². The van der Waals surface area contributed by atoms with E-state index in [0.29, 0.717) is 0 Å². The van der Waals surface area contributed by atoms with Crippen molar-refractivity contribution >= 4 is 11.8 Å². The Bertz CT molecular complexity index is 445. The Balaban J connectivity index is 2.39. The maximum absolute atomic E-state index is 12.4. The van der Waals surface area contributed by atoms with Gasteiger partial charge >= 0.3 is 6.09 Å². The minimum atomic E-state index is -0.179.